The SMILES string of the molecule is CC1(CNC(=O)C2CCC(C(=O)O)CC2)CCCO1. The monoisotopic (exact) mass is 269 g/mol. The van der Waals surface area contributed by atoms with E-state index in [2.05, 4.69) is 5.32 Å². The van der Waals surface area contributed by atoms with Crippen molar-refractivity contribution in [3.05, 3.63) is 0 Å². The highest BCUT2D eigenvalue weighted by Crippen LogP contribution is 2.29. The number of rotatable bonds is 4. The van der Waals surface area contributed by atoms with Gasteiger partial charge in [-0.05, 0) is 45.4 Å². The summed E-state index contributed by atoms with van der Waals surface area (Å²) in [5, 5.41) is 11.9. The third-order valence-corrected chi connectivity index (χ3v) is 4.38. The number of aliphatic carboxylic acids is 1. The third-order valence-electron chi connectivity index (χ3n) is 4.38. The highest BCUT2D eigenvalue weighted by Gasteiger charge is 2.33. The number of ether oxygens (including phenoxy) is 1. The lowest BCUT2D eigenvalue weighted by molar-refractivity contribution is -0.144. The molecule has 2 rings (SSSR count). The van der Waals surface area contributed by atoms with Crippen LogP contribution in [0, 0.1) is 11.8 Å². The number of amides is 1. The minimum absolute atomic E-state index is 0.0272. The van der Waals surface area contributed by atoms with Crippen molar-refractivity contribution in [2.24, 2.45) is 11.8 Å². The Morgan fingerprint density at radius 2 is 1.89 bits per heavy atom. The summed E-state index contributed by atoms with van der Waals surface area (Å²) in [7, 11) is 0. The molecule has 0 radical (unpaired) electrons. The predicted octanol–water partition coefficient (Wildman–Crippen LogP) is 1.56. The van der Waals surface area contributed by atoms with E-state index in [1.807, 2.05) is 6.92 Å². The molecule has 5 nitrogen and oxygen atoms in total. The van der Waals surface area contributed by atoms with Crippen LogP contribution in [0.15, 0.2) is 0 Å². The molecule has 1 amide bonds. The second-order valence-electron chi connectivity index (χ2n) is 6.01. The lowest BCUT2D eigenvalue weighted by Crippen LogP contribution is -2.43. The van der Waals surface area contributed by atoms with Gasteiger partial charge in [0.25, 0.3) is 0 Å². The Balaban J connectivity index is 1.74. The van der Waals surface area contributed by atoms with E-state index < -0.39 is 5.97 Å². The van der Waals surface area contributed by atoms with Crippen LogP contribution in [-0.2, 0) is 14.3 Å². The van der Waals surface area contributed by atoms with Gasteiger partial charge in [0.2, 0.25) is 5.91 Å². The maximum atomic E-state index is 12.1. The molecule has 1 saturated carbocycles. The van der Waals surface area contributed by atoms with Crippen LogP contribution in [0.5, 0.6) is 0 Å². The van der Waals surface area contributed by atoms with Gasteiger partial charge in [-0.2, -0.15) is 0 Å². The summed E-state index contributed by atoms with van der Waals surface area (Å²) >= 11 is 0. The maximum absolute atomic E-state index is 12.1. The molecule has 1 atom stereocenters. The minimum Gasteiger partial charge on any atom is -0.481 e. The van der Waals surface area contributed by atoms with Gasteiger partial charge in [0.05, 0.1) is 11.5 Å². The molecule has 1 unspecified atom stereocenters. The van der Waals surface area contributed by atoms with Gasteiger partial charge in [0, 0.05) is 19.1 Å². The van der Waals surface area contributed by atoms with Crippen molar-refractivity contribution in [3.8, 4) is 0 Å². The van der Waals surface area contributed by atoms with Crippen LogP contribution in [0.1, 0.15) is 45.4 Å². The van der Waals surface area contributed by atoms with Crippen molar-refractivity contribution < 1.29 is 19.4 Å². The Hall–Kier alpha value is -1.10. The fraction of sp³-hybridized carbons (Fsp3) is 0.857. The number of carboxylic acid groups (broad SMARTS) is 1. The summed E-state index contributed by atoms with van der Waals surface area (Å²) in [5.41, 5.74) is -0.214. The van der Waals surface area contributed by atoms with Gasteiger partial charge in [0.15, 0.2) is 0 Å². The molecule has 108 valence electrons. The minimum atomic E-state index is -0.731. The standard InChI is InChI=1S/C14H23NO4/c1-14(7-2-8-19-14)9-15-12(16)10-3-5-11(6-4-10)13(17)18/h10-11H,2-9H2,1H3,(H,15,16)(H,17,18). The summed E-state index contributed by atoms with van der Waals surface area (Å²) in [6, 6.07) is 0. The first kappa shape index (κ1) is 14.3. The molecule has 2 aliphatic rings. The van der Waals surface area contributed by atoms with E-state index in [9.17, 15) is 9.59 Å². The molecule has 1 heterocycles. The van der Waals surface area contributed by atoms with Gasteiger partial charge >= 0.3 is 5.97 Å². The van der Waals surface area contributed by atoms with Crippen molar-refractivity contribution >= 4 is 11.9 Å². The average molecular weight is 269 g/mol. The average Bonchev–Trinajstić information content (AvgIpc) is 2.83. The van der Waals surface area contributed by atoms with Gasteiger partial charge in [-0.3, -0.25) is 9.59 Å². The zero-order valence-electron chi connectivity index (χ0n) is 11.5. The van der Waals surface area contributed by atoms with Crippen LogP contribution in [0.3, 0.4) is 0 Å². The number of carboxylic acids is 1. The normalized spacial score (nSPS) is 35.0. The zero-order valence-corrected chi connectivity index (χ0v) is 11.5. The summed E-state index contributed by atoms with van der Waals surface area (Å²) in [6.07, 6.45) is 4.62. The van der Waals surface area contributed by atoms with E-state index >= 15 is 0 Å². The maximum Gasteiger partial charge on any atom is 0.306 e. The van der Waals surface area contributed by atoms with Gasteiger partial charge in [-0.25, -0.2) is 0 Å². The zero-order chi connectivity index (χ0) is 13.9. The van der Waals surface area contributed by atoms with Crippen molar-refractivity contribution in [1.82, 2.24) is 5.32 Å². The number of hydrogen-bond donors (Lipinski definition) is 2. The Kier molecular flexibility index (Phi) is 4.45. The number of carbonyl (C=O) groups is 2. The molecule has 1 aliphatic carbocycles. The first-order valence-corrected chi connectivity index (χ1v) is 7.15. The molecular weight excluding hydrogens is 246 g/mol. The highest BCUT2D eigenvalue weighted by molar-refractivity contribution is 5.79. The molecular formula is C14H23NO4. The molecule has 19 heavy (non-hydrogen) atoms. The van der Waals surface area contributed by atoms with Crippen LogP contribution in [0.2, 0.25) is 0 Å². The van der Waals surface area contributed by atoms with Crippen LogP contribution >= 0.6 is 0 Å². The van der Waals surface area contributed by atoms with Crippen LogP contribution < -0.4 is 5.32 Å². The van der Waals surface area contributed by atoms with Gasteiger partial charge in [0.1, 0.15) is 0 Å². The van der Waals surface area contributed by atoms with Crippen LogP contribution in [0.4, 0.5) is 0 Å². The third kappa shape index (κ3) is 3.69. The molecule has 2 fully saturated rings. The molecule has 0 aromatic rings. The summed E-state index contributed by atoms with van der Waals surface area (Å²) in [5.74, 6) is -0.966. The van der Waals surface area contributed by atoms with Crippen molar-refractivity contribution in [3.63, 3.8) is 0 Å². The number of nitrogens with one attached hydrogen (secondary N) is 1. The molecule has 0 aromatic heterocycles. The summed E-state index contributed by atoms with van der Waals surface area (Å²) in [6.45, 7) is 3.36. The summed E-state index contributed by atoms with van der Waals surface area (Å²) in [4.78, 5) is 22.9. The van der Waals surface area contributed by atoms with E-state index in [4.69, 9.17) is 9.84 Å². The first-order valence-electron chi connectivity index (χ1n) is 7.15. The summed E-state index contributed by atoms with van der Waals surface area (Å²) < 4.78 is 5.63. The first-order chi connectivity index (χ1) is 9.00. The highest BCUT2D eigenvalue weighted by atomic mass is 16.5. The second kappa shape index (κ2) is 5.90. The Bertz CT molecular complexity index is 341. The van der Waals surface area contributed by atoms with Crippen molar-refractivity contribution in [2.45, 2.75) is 51.0 Å². The van der Waals surface area contributed by atoms with Gasteiger partial charge in [-0.15, -0.1) is 0 Å². The topological polar surface area (TPSA) is 75.6 Å². The Morgan fingerprint density at radius 1 is 1.26 bits per heavy atom. The fourth-order valence-corrected chi connectivity index (χ4v) is 3.00. The molecule has 5 heteroatoms. The van der Waals surface area contributed by atoms with E-state index in [0.29, 0.717) is 32.2 Å². The molecule has 0 spiro atoms. The van der Waals surface area contributed by atoms with Crippen molar-refractivity contribution in [2.75, 3.05) is 13.2 Å². The van der Waals surface area contributed by atoms with Gasteiger partial charge < -0.3 is 15.2 Å². The lowest BCUT2D eigenvalue weighted by Gasteiger charge is -2.28. The van der Waals surface area contributed by atoms with E-state index in [1.165, 1.54) is 0 Å². The van der Waals surface area contributed by atoms with E-state index in [-0.39, 0.29) is 23.3 Å². The lowest BCUT2D eigenvalue weighted by atomic mass is 9.81. The number of carbonyl (C=O) groups excluding carboxylic acids is 1. The smallest absolute Gasteiger partial charge is 0.306 e. The fourth-order valence-electron chi connectivity index (χ4n) is 3.00. The van der Waals surface area contributed by atoms with E-state index in [0.717, 1.165) is 19.4 Å². The van der Waals surface area contributed by atoms with Crippen LogP contribution in [-0.4, -0.2) is 35.7 Å². The Labute approximate surface area is 113 Å². The Morgan fingerprint density at radius 3 is 2.42 bits per heavy atom. The molecule has 0 bridgehead atoms. The molecule has 2 N–H and O–H groups in total. The van der Waals surface area contributed by atoms with E-state index in [1.54, 1.807) is 0 Å². The molecule has 1 aliphatic heterocycles. The van der Waals surface area contributed by atoms with Crippen molar-refractivity contribution in [1.29, 1.82) is 0 Å². The molecule has 1 saturated heterocycles. The largest absolute Gasteiger partial charge is 0.481 e. The number of hydrogen-bond acceptors (Lipinski definition) is 3. The quantitative estimate of drug-likeness (QED) is 0.812. The van der Waals surface area contributed by atoms with Gasteiger partial charge in [-0.1, -0.05) is 0 Å². The predicted molar refractivity (Wildman–Crippen MR) is 69.7 cm³/mol. The second-order valence-corrected chi connectivity index (χ2v) is 6.01. The van der Waals surface area contributed by atoms with Crippen LogP contribution in [0.25, 0.3) is 0 Å². The molecule has 0 aromatic carbocycles.